The molecule has 6 heteroatoms. The average Bonchev–Trinajstić information content (AvgIpc) is 2.48. The second-order valence-corrected chi connectivity index (χ2v) is 6.50. The molecule has 0 heterocycles. The lowest BCUT2D eigenvalue weighted by Crippen LogP contribution is -2.42. The number of aliphatic carboxylic acids is 1. The fraction of sp³-hybridized carbons (Fsp3) is 0.500. The van der Waals surface area contributed by atoms with E-state index in [1.807, 2.05) is 30.3 Å². The van der Waals surface area contributed by atoms with Crippen molar-refractivity contribution in [3.05, 3.63) is 35.9 Å². The zero-order chi connectivity index (χ0) is 16.4. The van der Waals surface area contributed by atoms with Crippen molar-refractivity contribution < 1.29 is 19.4 Å². The van der Waals surface area contributed by atoms with E-state index in [1.165, 1.54) is 11.8 Å². The molecule has 0 aliphatic rings. The number of carbonyl (C=O) groups is 2. The van der Waals surface area contributed by atoms with E-state index in [1.54, 1.807) is 0 Å². The number of carboxylic acid groups (broad SMARTS) is 1. The van der Waals surface area contributed by atoms with Crippen molar-refractivity contribution >= 4 is 23.8 Å². The number of hydrogen-bond donors (Lipinski definition) is 2. The van der Waals surface area contributed by atoms with Crippen LogP contribution in [0.25, 0.3) is 0 Å². The number of nitrogens with one attached hydrogen (secondary N) is 1. The van der Waals surface area contributed by atoms with Gasteiger partial charge in [-0.1, -0.05) is 44.2 Å². The molecule has 2 N–H and O–H groups in total. The lowest BCUT2D eigenvalue weighted by molar-refractivity contribution is -0.138. The van der Waals surface area contributed by atoms with Crippen molar-refractivity contribution in [2.45, 2.75) is 32.9 Å². The van der Waals surface area contributed by atoms with Crippen molar-refractivity contribution in [3.8, 4) is 0 Å². The monoisotopic (exact) mass is 325 g/mol. The van der Waals surface area contributed by atoms with Crippen LogP contribution in [0.1, 0.15) is 25.8 Å². The predicted molar refractivity (Wildman–Crippen MR) is 88.0 cm³/mol. The first kappa shape index (κ1) is 18.4. The lowest BCUT2D eigenvalue weighted by Gasteiger charge is -2.14. The number of benzene rings is 1. The zero-order valence-electron chi connectivity index (χ0n) is 13.0. The SMILES string of the molecule is CC(C)CCSC[C@@H](NC(=O)OCc1ccccc1)C(=O)O. The summed E-state index contributed by atoms with van der Waals surface area (Å²) in [6.45, 7) is 4.36. The Balaban J connectivity index is 2.32. The fourth-order valence-electron chi connectivity index (χ4n) is 1.60. The van der Waals surface area contributed by atoms with Crippen LogP contribution >= 0.6 is 11.8 Å². The molecule has 0 aromatic heterocycles. The molecule has 1 amide bonds. The van der Waals surface area contributed by atoms with Gasteiger partial charge in [0.1, 0.15) is 12.6 Å². The van der Waals surface area contributed by atoms with Gasteiger partial charge in [-0.15, -0.1) is 0 Å². The predicted octanol–water partition coefficient (Wildman–Crippen LogP) is 3.15. The van der Waals surface area contributed by atoms with Gasteiger partial charge in [0.15, 0.2) is 0 Å². The van der Waals surface area contributed by atoms with E-state index in [4.69, 9.17) is 9.84 Å². The molecule has 1 aromatic rings. The van der Waals surface area contributed by atoms with Crippen molar-refractivity contribution in [1.29, 1.82) is 0 Å². The molecule has 0 saturated heterocycles. The summed E-state index contributed by atoms with van der Waals surface area (Å²) < 4.78 is 5.03. The molecular weight excluding hydrogens is 302 g/mol. The first-order valence-corrected chi connectivity index (χ1v) is 8.42. The molecule has 0 spiro atoms. The fourth-order valence-corrected chi connectivity index (χ4v) is 2.87. The second-order valence-electron chi connectivity index (χ2n) is 5.35. The summed E-state index contributed by atoms with van der Waals surface area (Å²) in [5, 5.41) is 11.5. The van der Waals surface area contributed by atoms with Crippen LogP contribution in [0.3, 0.4) is 0 Å². The average molecular weight is 325 g/mol. The quantitative estimate of drug-likeness (QED) is 0.682. The molecular formula is C16H23NO4S. The van der Waals surface area contributed by atoms with Gasteiger partial charge >= 0.3 is 12.1 Å². The van der Waals surface area contributed by atoms with E-state index < -0.39 is 18.1 Å². The number of carbonyl (C=O) groups excluding carboxylic acids is 1. The molecule has 0 unspecified atom stereocenters. The Hall–Kier alpha value is -1.69. The van der Waals surface area contributed by atoms with Crippen molar-refractivity contribution in [2.75, 3.05) is 11.5 Å². The number of rotatable bonds is 9. The molecule has 0 aliphatic heterocycles. The van der Waals surface area contributed by atoms with Crippen molar-refractivity contribution in [1.82, 2.24) is 5.32 Å². The highest BCUT2D eigenvalue weighted by Crippen LogP contribution is 2.10. The minimum atomic E-state index is -1.05. The largest absolute Gasteiger partial charge is 0.480 e. The number of amides is 1. The normalized spacial score (nSPS) is 12.0. The van der Waals surface area contributed by atoms with Crippen LogP contribution in [-0.2, 0) is 16.1 Å². The van der Waals surface area contributed by atoms with Gasteiger partial charge in [0.2, 0.25) is 0 Å². The maximum atomic E-state index is 11.7. The van der Waals surface area contributed by atoms with E-state index in [2.05, 4.69) is 19.2 Å². The number of carboxylic acids is 1. The van der Waals surface area contributed by atoms with E-state index >= 15 is 0 Å². The van der Waals surface area contributed by atoms with Gasteiger partial charge in [-0.25, -0.2) is 9.59 Å². The Kier molecular flexibility index (Phi) is 8.43. The van der Waals surface area contributed by atoms with Crippen LogP contribution in [0.4, 0.5) is 4.79 Å². The van der Waals surface area contributed by atoms with E-state index in [0.29, 0.717) is 11.7 Å². The summed E-state index contributed by atoms with van der Waals surface area (Å²) in [5.41, 5.74) is 0.857. The Morgan fingerprint density at radius 2 is 1.95 bits per heavy atom. The van der Waals surface area contributed by atoms with E-state index in [0.717, 1.165) is 17.7 Å². The molecule has 1 aromatic carbocycles. The van der Waals surface area contributed by atoms with Gasteiger partial charge in [0.05, 0.1) is 0 Å². The summed E-state index contributed by atoms with van der Waals surface area (Å²) >= 11 is 1.52. The second kappa shape index (κ2) is 10.1. The number of ether oxygens (including phenoxy) is 1. The van der Waals surface area contributed by atoms with Crippen LogP contribution in [-0.4, -0.2) is 34.7 Å². The number of thioether (sulfide) groups is 1. The first-order valence-electron chi connectivity index (χ1n) is 7.26. The lowest BCUT2D eigenvalue weighted by atomic mass is 10.2. The van der Waals surface area contributed by atoms with E-state index in [-0.39, 0.29) is 6.61 Å². The molecule has 0 fully saturated rings. The van der Waals surface area contributed by atoms with Gasteiger partial charge in [-0.3, -0.25) is 0 Å². The summed E-state index contributed by atoms with van der Waals surface area (Å²) in [4.78, 5) is 22.8. The highest BCUT2D eigenvalue weighted by atomic mass is 32.2. The molecule has 1 atom stereocenters. The van der Waals surface area contributed by atoms with Gasteiger partial charge in [0, 0.05) is 5.75 Å². The van der Waals surface area contributed by atoms with Gasteiger partial charge < -0.3 is 15.2 Å². The van der Waals surface area contributed by atoms with Gasteiger partial charge in [0.25, 0.3) is 0 Å². The van der Waals surface area contributed by atoms with Gasteiger partial charge in [-0.2, -0.15) is 11.8 Å². The summed E-state index contributed by atoms with van der Waals surface area (Å²) in [5.74, 6) is 0.748. The third-order valence-corrected chi connectivity index (χ3v) is 4.02. The minimum absolute atomic E-state index is 0.125. The summed E-state index contributed by atoms with van der Waals surface area (Å²) in [6, 6.07) is 8.32. The summed E-state index contributed by atoms with van der Waals surface area (Å²) in [6.07, 6.45) is 0.316. The van der Waals surface area contributed by atoms with Crippen LogP contribution in [0.5, 0.6) is 0 Å². The van der Waals surface area contributed by atoms with Gasteiger partial charge in [-0.05, 0) is 23.7 Å². The van der Waals surface area contributed by atoms with E-state index in [9.17, 15) is 9.59 Å². The maximum absolute atomic E-state index is 11.7. The number of alkyl carbamates (subject to hydrolysis) is 1. The molecule has 5 nitrogen and oxygen atoms in total. The maximum Gasteiger partial charge on any atom is 0.408 e. The number of hydrogen-bond acceptors (Lipinski definition) is 4. The Morgan fingerprint density at radius 1 is 1.27 bits per heavy atom. The zero-order valence-corrected chi connectivity index (χ0v) is 13.8. The Labute approximate surface area is 135 Å². The topological polar surface area (TPSA) is 75.6 Å². The molecule has 1 rings (SSSR count). The Bertz CT molecular complexity index is 464. The van der Waals surface area contributed by atoms with Crippen LogP contribution in [0.15, 0.2) is 30.3 Å². The Morgan fingerprint density at radius 3 is 2.55 bits per heavy atom. The standard InChI is InChI=1S/C16H23NO4S/c1-12(2)8-9-22-11-14(15(18)19)17-16(20)21-10-13-6-4-3-5-7-13/h3-7,12,14H,8-11H2,1-2H3,(H,17,20)(H,18,19)/t14-/m1/s1. The van der Waals surface area contributed by atoms with Crippen LogP contribution < -0.4 is 5.32 Å². The molecule has 0 saturated carbocycles. The molecule has 0 radical (unpaired) electrons. The molecule has 0 bridgehead atoms. The van der Waals surface area contributed by atoms with Crippen LogP contribution in [0.2, 0.25) is 0 Å². The third-order valence-electron chi connectivity index (χ3n) is 2.93. The molecule has 122 valence electrons. The highest BCUT2D eigenvalue weighted by molar-refractivity contribution is 7.99. The van der Waals surface area contributed by atoms with Crippen LogP contribution in [0, 0.1) is 5.92 Å². The molecule has 0 aliphatic carbocycles. The van der Waals surface area contributed by atoms with Crippen molar-refractivity contribution in [3.63, 3.8) is 0 Å². The molecule has 22 heavy (non-hydrogen) atoms. The highest BCUT2D eigenvalue weighted by Gasteiger charge is 2.20. The smallest absolute Gasteiger partial charge is 0.408 e. The first-order chi connectivity index (χ1) is 10.5. The minimum Gasteiger partial charge on any atom is -0.480 e. The third kappa shape index (κ3) is 7.93. The van der Waals surface area contributed by atoms with Crippen molar-refractivity contribution in [2.24, 2.45) is 5.92 Å². The summed E-state index contributed by atoms with van der Waals surface area (Å²) in [7, 11) is 0.